The van der Waals surface area contributed by atoms with Crippen molar-refractivity contribution >= 4 is 34.4 Å². The van der Waals surface area contributed by atoms with Crippen molar-refractivity contribution in [3.05, 3.63) is 76.7 Å². The molecule has 0 fully saturated rings. The molecule has 4 rings (SSSR count). The lowest BCUT2D eigenvalue weighted by atomic mass is 10.2. The molecule has 0 unspecified atom stereocenters. The molecule has 8 heteroatoms. The van der Waals surface area contributed by atoms with Crippen LogP contribution in [0.2, 0.25) is 0 Å². The van der Waals surface area contributed by atoms with E-state index in [2.05, 4.69) is 17.2 Å². The highest BCUT2D eigenvalue weighted by Gasteiger charge is 2.16. The normalized spacial score (nSPS) is 10.9. The number of para-hydroxylation sites is 2. The molecule has 0 bridgehead atoms. The summed E-state index contributed by atoms with van der Waals surface area (Å²) in [6.07, 6.45) is 2.31. The lowest BCUT2D eigenvalue weighted by Crippen LogP contribution is -2.22. The summed E-state index contributed by atoms with van der Waals surface area (Å²) in [6, 6.07) is 17.4. The van der Waals surface area contributed by atoms with Crippen LogP contribution in [0.25, 0.3) is 11.2 Å². The van der Waals surface area contributed by atoms with Gasteiger partial charge < -0.3 is 10.1 Å². The minimum Gasteiger partial charge on any atom is -0.495 e. The van der Waals surface area contributed by atoms with Crippen LogP contribution >= 0.6 is 11.8 Å². The Morgan fingerprint density at radius 1 is 1.06 bits per heavy atom. The first-order valence-electron chi connectivity index (χ1n) is 10.0. The molecule has 0 radical (unpaired) electrons. The maximum Gasteiger partial charge on any atom is 0.270 e. The number of anilines is 2. The van der Waals surface area contributed by atoms with Gasteiger partial charge in [-0.25, -0.2) is 15.0 Å². The second-order valence-corrected chi connectivity index (χ2v) is 7.93. The predicted molar refractivity (Wildman–Crippen MR) is 124 cm³/mol. The summed E-state index contributed by atoms with van der Waals surface area (Å²) in [5.74, 6) is 2.10. The fourth-order valence-corrected chi connectivity index (χ4v) is 3.86. The molecular formula is C23H23N5O2S. The van der Waals surface area contributed by atoms with Gasteiger partial charge >= 0.3 is 0 Å². The van der Waals surface area contributed by atoms with Crippen molar-refractivity contribution in [1.29, 1.82) is 0 Å². The Hall–Kier alpha value is -3.39. The summed E-state index contributed by atoms with van der Waals surface area (Å²) in [5, 5.41) is 3.92. The molecule has 0 saturated carbocycles. The zero-order valence-electron chi connectivity index (χ0n) is 17.4. The number of hydrogen-bond acceptors (Lipinski definition) is 7. The fraction of sp³-hybridized carbons (Fsp3) is 0.217. The third kappa shape index (κ3) is 4.69. The number of methoxy groups -OCH3 is 1. The van der Waals surface area contributed by atoms with E-state index in [0.29, 0.717) is 34.4 Å². The van der Waals surface area contributed by atoms with Crippen LogP contribution in [-0.2, 0) is 6.54 Å². The van der Waals surface area contributed by atoms with Crippen LogP contribution in [0.4, 0.5) is 11.5 Å². The van der Waals surface area contributed by atoms with E-state index in [-0.39, 0.29) is 5.56 Å². The van der Waals surface area contributed by atoms with Gasteiger partial charge in [0.1, 0.15) is 11.3 Å². The maximum absolute atomic E-state index is 12.7. The topological polar surface area (TPSA) is 81.9 Å². The van der Waals surface area contributed by atoms with E-state index in [9.17, 15) is 4.79 Å². The number of aromatic nitrogens is 4. The Labute approximate surface area is 184 Å². The SMILES string of the molecule is CCCSc1nc(Nc2ccccc2OC)c2ncc(=O)n(Cc3ccccc3)c2n1. The summed E-state index contributed by atoms with van der Waals surface area (Å²) in [6.45, 7) is 2.51. The van der Waals surface area contributed by atoms with Crippen molar-refractivity contribution in [2.45, 2.75) is 25.0 Å². The van der Waals surface area contributed by atoms with E-state index < -0.39 is 0 Å². The van der Waals surface area contributed by atoms with E-state index in [4.69, 9.17) is 14.7 Å². The number of thioether (sulfide) groups is 1. The molecule has 4 aromatic rings. The molecule has 0 amide bonds. The largest absolute Gasteiger partial charge is 0.495 e. The molecule has 31 heavy (non-hydrogen) atoms. The van der Waals surface area contributed by atoms with Crippen LogP contribution in [-0.4, -0.2) is 32.4 Å². The van der Waals surface area contributed by atoms with Gasteiger partial charge in [0.25, 0.3) is 5.56 Å². The van der Waals surface area contributed by atoms with Gasteiger partial charge in [0, 0.05) is 5.75 Å². The third-order valence-electron chi connectivity index (χ3n) is 4.65. The number of nitrogens with zero attached hydrogens (tertiary/aromatic N) is 4. The van der Waals surface area contributed by atoms with Crippen molar-refractivity contribution in [2.75, 3.05) is 18.2 Å². The zero-order chi connectivity index (χ0) is 21.6. The Balaban J connectivity index is 1.86. The molecule has 7 nitrogen and oxygen atoms in total. The standard InChI is InChI=1S/C23H23N5O2S/c1-3-13-31-23-26-21(25-17-11-7-8-12-18(17)30-2)20-22(27-23)28(19(29)14-24-20)15-16-9-5-4-6-10-16/h4-12,14H,3,13,15H2,1-2H3,(H,25,26,27). The third-order valence-corrected chi connectivity index (χ3v) is 5.70. The number of hydrogen-bond donors (Lipinski definition) is 1. The van der Waals surface area contributed by atoms with Crippen LogP contribution in [0.5, 0.6) is 5.75 Å². The van der Waals surface area contributed by atoms with Gasteiger partial charge in [-0.1, -0.05) is 61.2 Å². The number of benzene rings is 2. The highest BCUT2D eigenvalue weighted by atomic mass is 32.2. The minimum atomic E-state index is -0.204. The smallest absolute Gasteiger partial charge is 0.270 e. The van der Waals surface area contributed by atoms with E-state index >= 15 is 0 Å². The summed E-state index contributed by atoms with van der Waals surface area (Å²) < 4.78 is 7.10. The predicted octanol–water partition coefficient (Wildman–Crippen LogP) is 4.49. The molecule has 0 saturated heterocycles. The van der Waals surface area contributed by atoms with Gasteiger partial charge in [0.05, 0.1) is 25.5 Å². The highest BCUT2D eigenvalue weighted by molar-refractivity contribution is 7.99. The van der Waals surface area contributed by atoms with E-state index in [1.807, 2.05) is 54.6 Å². The van der Waals surface area contributed by atoms with Gasteiger partial charge in [-0.15, -0.1) is 0 Å². The molecule has 2 aromatic heterocycles. The van der Waals surface area contributed by atoms with Gasteiger partial charge in [-0.05, 0) is 24.1 Å². The Morgan fingerprint density at radius 2 is 1.84 bits per heavy atom. The average Bonchev–Trinajstić information content (AvgIpc) is 2.80. The molecule has 0 spiro atoms. The lowest BCUT2D eigenvalue weighted by molar-refractivity contribution is 0.417. The molecule has 158 valence electrons. The summed E-state index contributed by atoms with van der Waals surface area (Å²) >= 11 is 1.55. The number of rotatable bonds is 8. The van der Waals surface area contributed by atoms with Gasteiger partial charge in [-0.2, -0.15) is 0 Å². The van der Waals surface area contributed by atoms with Crippen LogP contribution in [0.3, 0.4) is 0 Å². The van der Waals surface area contributed by atoms with E-state index in [1.54, 1.807) is 23.4 Å². The van der Waals surface area contributed by atoms with Gasteiger partial charge in [0.2, 0.25) is 0 Å². The Bertz CT molecular complexity index is 1240. The van der Waals surface area contributed by atoms with Crippen LogP contribution < -0.4 is 15.6 Å². The number of fused-ring (bicyclic) bond motifs is 1. The second-order valence-electron chi connectivity index (χ2n) is 6.87. The highest BCUT2D eigenvalue weighted by Crippen LogP contribution is 2.30. The zero-order valence-corrected chi connectivity index (χ0v) is 18.2. The quantitative estimate of drug-likeness (QED) is 0.324. The molecule has 0 aliphatic rings. The maximum atomic E-state index is 12.7. The second kappa shape index (κ2) is 9.61. The van der Waals surface area contributed by atoms with Gasteiger partial charge in [0.15, 0.2) is 16.6 Å². The molecule has 1 N–H and O–H groups in total. The first kappa shape index (κ1) is 20.9. The summed E-state index contributed by atoms with van der Waals surface area (Å²) in [4.78, 5) is 26.5. The van der Waals surface area contributed by atoms with E-state index in [0.717, 1.165) is 23.4 Å². The molecule has 0 atom stereocenters. The molecule has 0 aliphatic heterocycles. The monoisotopic (exact) mass is 433 g/mol. The lowest BCUT2D eigenvalue weighted by Gasteiger charge is -2.15. The van der Waals surface area contributed by atoms with Crippen molar-refractivity contribution in [1.82, 2.24) is 19.5 Å². The van der Waals surface area contributed by atoms with Crippen LogP contribution in [0.1, 0.15) is 18.9 Å². The Morgan fingerprint density at radius 3 is 2.61 bits per heavy atom. The summed E-state index contributed by atoms with van der Waals surface area (Å²) in [7, 11) is 1.62. The molecule has 2 aromatic carbocycles. The molecule has 0 aliphatic carbocycles. The molecular weight excluding hydrogens is 410 g/mol. The van der Waals surface area contributed by atoms with Crippen LogP contribution in [0.15, 0.2) is 70.7 Å². The molecule has 2 heterocycles. The van der Waals surface area contributed by atoms with Crippen molar-refractivity contribution in [2.24, 2.45) is 0 Å². The average molecular weight is 434 g/mol. The van der Waals surface area contributed by atoms with Crippen molar-refractivity contribution < 1.29 is 4.74 Å². The number of ether oxygens (including phenoxy) is 1. The van der Waals surface area contributed by atoms with Gasteiger partial charge in [-0.3, -0.25) is 9.36 Å². The van der Waals surface area contributed by atoms with Crippen molar-refractivity contribution in [3.8, 4) is 5.75 Å². The fourth-order valence-electron chi connectivity index (χ4n) is 3.16. The summed E-state index contributed by atoms with van der Waals surface area (Å²) in [5.41, 5.74) is 2.60. The van der Waals surface area contributed by atoms with Crippen molar-refractivity contribution in [3.63, 3.8) is 0 Å². The first-order valence-corrected chi connectivity index (χ1v) is 11.0. The van der Waals surface area contributed by atoms with E-state index in [1.165, 1.54) is 6.20 Å². The first-order chi connectivity index (χ1) is 15.2. The number of nitrogens with one attached hydrogen (secondary N) is 1. The van der Waals surface area contributed by atoms with Crippen LogP contribution in [0, 0.1) is 0 Å². The minimum absolute atomic E-state index is 0.204. The Kier molecular flexibility index (Phi) is 6.47.